The molecule has 0 aliphatic carbocycles. The minimum Gasteiger partial charge on any atom is -0.321 e. The van der Waals surface area contributed by atoms with Gasteiger partial charge in [0.15, 0.2) is 0 Å². The fourth-order valence-corrected chi connectivity index (χ4v) is 2.48. The van der Waals surface area contributed by atoms with Gasteiger partial charge in [-0.3, -0.25) is 4.79 Å². The van der Waals surface area contributed by atoms with Gasteiger partial charge < -0.3 is 4.98 Å². The van der Waals surface area contributed by atoms with Gasteiger partial charge in [-0.05, 0) is 23.3 Å². The number of halogens is 1. The van der Waals surface area contributed by atoms with E-state index in [0.717, 1.165) is 11.1 Å². The molecule has 3 aromatic rings. The van der Waals surface area contributed by atoms with Crippen molar-refractivity contribution in [1.82, 2.24) is 4.98 Å². The maximum atomic E-state index is 12.0. The van der Waals surface area contributed by atoms with Crippen LogP contribution in [0.3, 0.4) is 0 Å². The number of nitrogens with one attached hydrogen (secondary N) is 1. The SMILES string of the molecule is N#Cc1c(-c2ccc(Cl)cc2)cc(=O)[nH]c1-c1ccccc1. The van der Waals surface area contributed by atoms with Crippen molar-refractivity contribution in [2.75, 3.05) is 0 Å². The zero-order chi connectivity index (χ0) is 15.5. The molecule has 2 aromatic carbocycles. The van der Waals surface area contributed by atoms with Crippen LogP contribution in [-0.2, 0) is 0 Å². The highest BCUT2D eigenvalue weighted by Crippen LogP contribution is 2.29. The summed E-state index contributed by atoms with van der Waals surface area (Å²) >= 11 is 5.90. The van der Waals surface area contributed by atoms with E-state index in [1.165, 1.54) is 6.07 Å². The molecule has 0 fully saturated rings. The first-order valence-corrected chi connectivity index (χ1v) is 7.05. The monoisotopic (exact) mass is 306 g/mol. The van der Waals surface area contributed by atoms with Gasteiger partial charge in [0, 0.05) is 16.7 Å². The Morgan fingerprint density at radius 2 is 1.64 bits per heavy atom. The van der Waals surface area contributed by atoms with E-state index in [1.807, 2.05) is 30.3 Å². The Balaban J connectivity index is 2.28. The molecule has 106 valence electrons. The molecule has 0 bridgehead atoms. The summed E-state index contributed by atoms with van der Waals surface area (Å²) in [7, 11) is 0. The lowest BCUT2D eigenvalue weighted by atomic mass is 9.97. The molecule has 0 saturated heterocycles. The molecule has 0 aliphatic rings. The van der Waals surface area contributed by atoms with Gasteiger partial charge in [-0.1, -0.05) is 54.1 Å². The highest BCUT2D eigenvalue weighted by atomic mass is 35.5. The Kier molecular flexibility index (Phi) is 3.78. The van der Waals surface area contributed by atoms with Crippen molar-refractivity contribution in [2.24, 2.45) is 0 Å². The number of rotatable bonds is 2. The molecule has 22 heavy (non-hydrogen) atoms. The molecule has 0 saturated carbocycles. The van der Waals surface area contributed by atoms with E-state index in [2.05, 4.69) is 11.1 Å². The number of aromatic nitrogens is 1. The van der Waals surface area contributed by atoms with Crippen molar-refractivity contribution in [3.63, 3.8) is 0 Å². The quantitative estimate of drug-likeness (QED) is 0.770. The Morgan fingerprint density at radius 3 is 2.27 bits per heavy atom. The Hall–Kier alpha value is -2.83. The molecule has 3 nitrogen and oxygen atoms in total. The molecule has 3 rings (SSSR count). The van der Waals surface area contributed by atoms with Gasteiger partial charge >= 0.3 is 0 Å². The summed E-state index contributed by atoms with van der Waals surface area (Å²) in [6.07, 6.45) is 0. The van der Waals surface area contributed by atoms with E-state index < -0.39 is 0 Å². The second-order valence-electron chi connectivity index (χ2n) is 4.78. The first-order valence-electron chi connectivity index (χ1n) is 6.68. The van der Waals surface area contributed by atoms with Gasteiger partial charge in [0.25, 0.3) is 0 Å². The largest absolute Gasteiger partial charge is 0.321 e. The van der Waals surface area contributed by atoms with Crippen LogP contribution in [0.1, 0.15) is 5.56 Å². The maximum Gasteiger partial charge on any atom is 0.249 e. The molecule has 4 heteroatoms. The van der Waals surface area contributed by atoms with Crippen molar-refractivity contribution in [1.29, 1.82) is 5.26 Å². The van der Waals surface area contributed by atoms with E-state index in [0.29, 0.717) is 21.8 Å². The van der Waals surface area contributed by atoms with Gasteiger partial charge in [-0.2, -0.15) is 5.26 Å². The fourth-order valence-electron chi connectivity index (χ4n) is 2.35. The summed E-state index contributed by atoms with van der Waals surface area (Å²) < 4.78 is 0. The van der Waals surface area contributed by atoms with Gasteiger partial charge in [0.2, 0.25) is 5.56 Å². The molecule has 1 N–H and O–H groups in total. The maximum absolute atomic E-state index is 12.0. The van der Waals surface area contributed by atoms with Crippen molar-refractivity contribution in [2.45, 2.75) is 0 Å². The minimum absolute atomic E-state index is 0.247. The lowest BCUT2D eigenvalue weighted by Gasteiger charge is -2.09. The van der Waals surface area contributed by atoms with Crippen LogP contribution >= 0.6 is 11.6 Å². The normalized spacial score (nSPS) is 10.2. The molecule has 0 amide bonds. The van der Waals surface area contributed by atoms with E-state index in [1.54, 1.807) is 24.3 Å². The third kappa shape index (κ3) is 2.65. The van der Waals surface area contributed by atoms with Crippen LogP contribution in [0.5, 0.6) is 0 Å². The van der Waals surface area contributed by atoms with Gasteiger partial charge in [-0.15, -0.1) is 0 Å². The number of nitrogens with zero attached hydrogens (tertiary/aromatic N) is 1. The van der Waals surface area contributed by atoms with Gasteiger partial charge in [-0.25, -0.2) is 0 Å². The minimum atomic E-state index is -0.247. The standard InChI is InChI=1S/C18H11ClN2O/c19-14-8-6-12(7-9-14)15-10-17(22)21-18(16(15)11-20)13-4-2-1-3-5-13/h1-10H,(H,21,22). The molecule has 0 radical (unpaired) electrons. The van der Waals surface area contributed by atoms with Crippen LogP contribution in [0.25, 0.3) is 22.4 Å². The van der Waals surface area contributed by atoms with Crippen molar-refractivity contribution in [3.05, 3.63) is 81.6 Å². The molecular formula is C18H11ClN2O. The van der Waals surface area contributed by atoms with Crippen molar-refractivity contribution >= 4 is 11.6 Å². The summed E-state index contributed by atoms with van der Waals surface area (Å²) in [5, 5.41) is 10.2. The third-order valence-electron chi connectivity index (χ3n) is 3.37. The average molecular weight is 307 g/mol. The Bertz CT molecular complexity index is 907. The second kappa shape index (κ2) is 5.88. The Morgan fingerprint density at radius 1 is 0.955 bits per heavy atom. The summed E-state index contributed by atoms with van der Waals surface area (Å²) in [5.74, 6) is 0. The number of nitriles is 1. The topological polar surface area (TPSA) is 56.6 Å². The molecule has 0 atom stereocenters. The molecule has 1 aromatic heterocycles. The van der Waals surface area contributed by atoms with Crippen LogP contribution in [0.4, 0.5) is 0 Å². The fraction of sp³-hybridized carbons (Fsp3) is 0. The first kappa shape index (κ1) is 14.1. The van der Waals surface area contributed by atoms with Crippen LogP contribution in [0.15, 0.2) is 65.5 Å². The number of H-pyrrole nitrogens is 1. The van der Waals surface area contributed by atoms with E-state index in [-0.39, 0.29) is 5.56 Å². The summed E-state index contributed by atoms with van der Waals surface area (Å²) in [6.45, 7) is 0. The van der Waals surface area contributed by atoms with Gasteiger partial charge in [0.1, 0.15) is 6.07 Å². The smallest absolute Gasteiger partial charge is 0.249 e. The van der Waals surface area contributed by atoms with Crippen molar-refractivity contribution < 1.29 is 0 Å². The number of hydrogen-bond acceptors (Lipinski definition) is 2. The zero-order valence-corrected chi connectivity index (χ0v) is 12.3. The summed E-state index contributed by atoms with van der Waals surface area (Å²) in [6, 6.07) is 20.0. The molecule has 0 spiro atoms. The number of benzene rings is 2. The lowest BCUT2D eigenvalue weighted by Crippen LogP contribution is -2.08. The van der Waals surface area contributed by atoms with Gasteiger partial charge in [0.05, 0.1) is 11.3 Å². The predicted molar refractivity (Wildman–Crippen MR) is 87.7 cm³/mol. The first-order chi connectivity index (χ1) is 10.7. The highest BCUT2D eigenvalue weighted by Gasteiger charge is 2.13. The van der Waals surface area contributed by atoms with Crippen molar-refractivity contribution in [3.8, 4) is 28.5 Å². The predicted octanol–water partition coefficient (Wildman–Crippen LogP) is 4.23. The van der Waals surface area contributed by atoms with Crippen LogP contribution in [0.2, 0.25) is 5.02 Å². The number of pyridine rings is 1. The number of hydrogen-bond donors (Lipinski definition) is 1. The average Bonchev–Trinajstić information content (AvgIpc) is 2.55. The molecule has 0 aliphatic heterocycles. The summed E-state index contributed by atoms with van der Waals surface area (Å²) in [4.78, 5) is 14.8. The highest BCUT2D eigenvalue weighted by molar-refractivity contribution is 6.30. The Labute approximate surface area is 132 Å². The van der Waals surface area contributed by atoms with Crippen LogP contribution in [-0.4, -0.2) is 4.98 Å². The second-order valence-corrected chi connectivity index (χ2v) is 5.22. The van der Waals surface area contributed by atoms with E-state index >= 15 is 0 Å². The third-order valence-corrected chi connectivity index (χ3v) is 3.62. The van der Waals surface area contributed by atoms with Crippen LogP contribution < -0.4 is 5.56 Å². The number of aromatic amines is 1. The van der Waals surface area contributed by atoms with Crippen LogP contribution in [0, 0.1) is 11.3 Å². The molecular weight excluding hydrogens is 296 g/mol. The molecule has 1 heterocycles. The van der Waals surface area contributed by atoms with E-state index in [4.69, 9.17) is 11.6 Å². The lowest BCUT2D eigenvalue weighted by molar-refractivity contribution is 1.23. The van der Waals surface area contributed by atoms with E-state index in [9.17, 15) is 10.1 Å². The summed E-state index contributed by atoms with van der Waals surface area (Å²) in [5.41, 5.74) is 2.90. The molecule has 0 unspecified atom stereocenters. The zero-order valence-electron chi connectivity index (χ0n) is 11.5.